The molecule has 0 aliphatic heterocycles. The Bertz CT molecular complexity index is 21.4. The fraction of sp³-hybridized carbons (Fsp3) is 1.00. The summed E-state index contributed by atoms with van der Waals surface area (Å²) in [6.07, 6.45) is 0. The van der Waals surface area contributed by atoms with Crippen LogP contribution in [-0.4, -0.2) is 6.71 Å². The Kier molecular flexibility index (Phi) is 19.0. The van der Waals surface area contributed by atoms with Crippen LogP contribution in [0.1, 0.15) is 0 Å². The molecule has 0 spiro atoms. The van der Waals surface area contributed by atoms with E-state index in [0.717, 1.165) is 6.71 Å². The van der Waals surface area contributed by atoms with Gasteiger partial charge in [0.2, 0.25) is 0 Å². The van der Waals surface area contributed by atoms with Gasteiger partial charge in [0, 0.05) is 0 Å². The summed E-state index contributed by atoms with van der Waals surface area (Å²) in [4.78, 5) is 0. The van der Waals surface area contributed by atoms with Crippen molar-refractivity contribution in [2.75, 3.05) is 0 Å². The van der Waals surface area contributed by atoms with Gasteiger partial charge in [0.15, 0.2) is 0 Å². The monoisotopic (exact) mass is 437 g/mol. The molecule has 0 amide bonds. The summed E-state index contributed by atoms with van der Waals surface area (Å²) in [6.45, 7) is 7.33. The van der Waals surface area contributed by atoms with Crippen LogP contribution in [-0.2, 0) is 0 Å². The molecule has 0 atom stereocenters. The Morgan fingerprint density at radius 3 is 1.14 bits per heavy atom. The molecular formula is C3H9BI3-. The Morgan fingerprint density at radius 1 is 1.14 bits per heavy atom. The summed E-state index contributed by atoms with van der Waals surface area (Å²) >= 11 is 5.30. The van der Waals surface area contributed by atoms with Gasteiger partial charge in [-0.3, -0.25) is 0 Å². The third-order valence-electron chi connectivity index (χ3n) is 0. The topological polar surface area (TPSA) is 0 Å². The fourth-order valence-electron chi connectivity index (χ4n) is 0. The number of hydrogen-bond donors (Lipinski definition) is 0. The Balaban J connectivity index is 0. The average molecular weight is 437 g/mol. The SMILES string of the molecule is CB(C)C.I[I-]I. The van der Waals surface area contributed by atoms with Gasteiger partial charge in [-0.05, 0) is 0 Å². The number of halogens is 3. The van der Waals surface area contributed by atoms with Crippen LogP contribution in [0.15, 0.2) is 0 Å². The van der Waals surface area contributed by atoms with E-state index in [1.807, 2.05) is 0 Å². The molecular weight excluding hydrogens is 428 g/mol. The molecule has 0 saturated heterocycles. The van der Waals surface area contributed by atoms with Crippen LogP contribution < -0.4 is 13.3 Å². The molecule has 0 aromatic rings. The van der Waals surface area contributed by atoms with Gasteiger partial charge < -0.3 is 0 Å². The van der Waals surface area contributed by atoms with Crippen molar-refractivity contribution in [3.8, 4) is 0 Å². The molecule has 0 unspecified atom stereocenters. The van der Waals surface area contributed by atoms with Gasteiger partial charge in [-0.25, -0.2) is 0 Å². The summed E-state index contributed by atoms with van der Waals surface area (Å²) in [5.74, 6) is 0. The minimum atomic E-state index is 0.530. The van der Waals surface area contributed by atoms with Crippen LogP contribution in [0.2, 0.25) is 20.5 Å². The van der Waals surface area contributed by atoms with E-state index in [-0.39, 0.29) is 0 Å². The van der Waals surface area contributed by atoms with Crippen molar-refractivity contribution in [1.29, 1.82) is 0 Å². The molecule has 0 radical (unpaired) electrons. The summed E-state index contributed by atoms with van der Waals surface area (Å²) in [6, 6.07) is 0. The van der Waals surface area contributed by atoms with Crippen molar-refractivity contribution in [2.45, 2.75) is 20.5 Å². The van der Waals surface area contributed by atoms with Crippen LogP contribution in [0, 0.1) is 0 Å². The van der Waals surface area contributed by atoms with Crippen molar-refractivity contribution in [3.05, 3.63) is 0 Å². The fourth-order valence-corrected chi connectivity index (χ4v) is 0. The van der Waals surface area contributed by atoms with Gasteiger partial charge in [0.25, 0.3) is 0 Å². The maximum absolute atomic E-state index is 2.39. The van der Waals surface area contributed by atoms with Gasteiger partial charge in [-0.2, -0.15) is 0 Å². The van der Waals surface area contributed by atoms with Crippen molar-refractivity contribution in [1.82, 2.24) is 0 Å². The molecule has 0 rings (SSSR count). The zero-order chi connectivity index (χ0) is 6.28. The van der Waals surface area contributed by atoms with E-state index in [2.05, 4.69) is 57.7 Å². The summed E-state index contributed by atoms with van der Waals surface area (Å²) in [5, 5.41) is 0. The first kappa shape index (κ1) is 12.0. The van der Waals surface area contributed by atoms with Gasteiger partial charge >= 0.3 is 50.5 Å². The van der Waals surface area contributed by atoms with Gasteiger partial charge in [-0.1, -0.05) is 20.5 Å². The summed E-state index contributed by atoms with van der Waals surface area (Å²) in [7, 11) is 0. The molecule has 0 bridgehead atoms. The molecule has 0 saturated carbocycles. The molecule has 0 nitrogen and oxygen atoms in total. The molecule has 0 aromatic heterocycles. The third kappa shape index (κ3) is 63.5. The van der Waals surface area contributed by atoms with E-state index >= 15 is 0 Å². The molecule has 0 aromatic carbocycles. The van der Waals surface area contributed by atoms with E-state index in [1.54, 1.807) is 0 Å². The van der Waals surface area contributed by atoms with E-state index in [9.17, 15) is 0 Å². The Labute approximate surface area is 76.3 Å². The standard InChI is InChI=1S/C3H9B.I3/c1-4(2)3;1-3-2/h1-3H3;/q;-1. The average Bonchev–Trinajstić information content (AvgIpc) is 1.33. The number of rotatable bonds is 0. The third-order valence-corrected chi connectivity index (χ3v) is 0. The van der Waals surface area contributed by atoms with Crippen LogP contribution in [0.25, 0.3) is 0 Å². The Hall–Kier alpha value is 2.25. The molecule has 0 aliphatic carbocycles. The van der Waals surface area contributed by atoms with Crippen molar-refractivity contribution >= 4 is 43.9 Å². The van der Waals surface area contributed by atoms with Crippen LogP contribution >= 0.6 is 37.2 Å². The predicted molar refractivity (Wildman–Crippen MR) is 51.4 cm³/mol. The van der Waals surface area contributed by atoms with Crippen molar-refractivity contribution < 1.29 is 13.3 Å². The minimum absolute atomic E-state index is 0.530. The molecule has 0 aliphatic rings. The van der Waals surface area contributed by atoms with Gasteiger partial charge in [0.1, 0.15) is 6.71 Å². The number of hydrogen-bond acceptors (Lipinski definition) is 0. The zero-order valence-electron chi connectivity index (χ0n) is 4.71. The second kappa shape index (κ2) is 11.1. The van der Waals surface area contributed by atoms with Gasteiger partial charge in [-0.15, -0.1) is 0 Å². The normalized spacial score (nSPS) is 7.00. The molecule has 0 N–H and O–H groups in total. The predicted octanol–water partition coefficient (Wildman–Crippen LogP) is 0.146. The molecule has 0 fully saturated rings. The van der Waals surface area contributed by atoms with E-state index in [1.165, 1.54) is 0 Å². The second-order valence-corrected chi connectivity index (χ2v) is 18.0. The first-order chi connectivity index (χ1) is 3.15. The summed E-state index contributed by atoms with van der Waals surface area (Å²) in [5.41, 5.74) is 0. The first-order valence-corrected chi connectivity index (χ1v) is 14.6. The van der Waals surface area contributed by atoms with E-state index in [4.69, 9.17) is 0 Å². The van der Waals surface area contributed by atoms with Crippen LogP contribution in [0.3, 0.4) is 0 Å². The van der Waals surface area contributed by atoms with E-state index in [0.29, 0.717) is 13.3 Å². The molecule has 4 heteroatoms. The van der Waals surface area contributed by atoms with E-state index < -0.39 is 0 Å². The van der Waals surface area contributed by atoms with Crippen molar-refractivity contribution in [2.24, 2.45) is 0 Å². The first-order valence-electron chi connectivity index (χ1n) is 2.02. The summed E-state index contributed by atoms with van der Waals surface area (Å²) < 4.78 is 0. The molecule has 46 valence electrons. The second-order valence-electron chi connectivity index (χ2n) is 1.79. The zero-order valence-corrected chi connectivity index (χ0v) is 11.2. The van der Waals surface area contributed by atoms with Gasteiger partial charge in [0.05, 0.1) is 0 Å². The van der Waals surface area contributed by atoms with Crippen molar-refractivity contribution in [3.63, 3.8) is 0 Å². The van der Waals surface area contributed by atoms with Crippen LogP contribution in [0.4, 0.5) is 0 Å². The molecule has 0 heterocycles. The van der Waals surface area contributed by atoms with Crippen LogP contribution in [0.5, 0.6) is 0 Å². The Morgan fingerprint density at radius 2 is 1.14 bits per heavy atom. The molecule has 7 heavy (non-hydrogen) atoms. The maximum atomic E-state index is 2.39. The quantitative estimate of drug-likeness (QED) is 0.375.